The van der Waals surface area contributed by atoms with E-state index in [1.54, 1.807) is 18.4 Å². The van der Waals surface area contributed by atoms with Crippen LogP contribution in [0.5, 0.6) is 0 Å². The van der Waals surface area contributed by atoms with Crippen molar-refractivity contribution in [1.82, 2.24) is 14.9 Å². The molecule has 33 heavy (non-hydrogen) atoms. The molecule has 0 fully saturated rings. The average molecular weight is 462 g/mol. The van der Waals surface area contributed by atoms with Crippen LogP contribution in [-0.4, -0.2) is 57.6 Å². The molecule has 0 spiro atoms. The molecule has 1 aliphatic heterocycles. The van der Waals surface area contributed by atoms with Gasteiger partial charge in [0.05, 0.1) is 22.7 Å². The first kappa shape index (κ1) is 22.9. The van der Waals surface area contributed by atoms with Crippen LogP contribution in [0.4, 0.5) is 5.69 Å². The van der Waals surface area contributed by atoms with E-state index in [2.05, 4.69) is 43.4 Å². The molecule has 170 valence electrons. The van der Waals surface area contributed by atoms with E-state index in [1.165, 1.54) is 6.20 Å². The zero-order valence-corrected chi connectivity index (χ0v) is 19.9. The zero-order valence-electron chi connectivity index (χ0n) is 19.0. The Balaban J connectivity index is 1.64. The lowest BCUT2D eigenvalue weighted by atomic mass is 9.94. The second kappa shape index (κ2) is 10.1. The lowest BCUT2D eigenvalue weighted by molar-refractivity contribution is -0.110. The number of hydrogen-bond donors (Lipinski definition) is 1. The minimum absolute atomic E-state index is 0.276. The molecule has 1 aliphatic rings. The number of aryl methyl sites for hydroxylation is 1. The Morgan fingerprint density at radius 3 is 2.67 bits per heavy atom. The fraction of sp³-hybridized carbons (Fsp3) is 0.280. The van der Waals surface area contributed by atoms with Gasteiger partial charge in [-0.3, -0.25) is 19.0 Å². The molecule has 0 bridgehead atoms. The number of anilines is 1. The van der Waals surface area contributed by atoms with Gasteiger partial charge in [0.1, 0.15) is 10.7 Å². The molecule has 0 radical (unpaired) electrons. The van der Waals surface area contributed by atoms with Crippen molar-refractivity contribution in [2.75, 3.05) is 32.2 Å². The molecule has 1 N–H and O–H groups in total. The highest BCUT2D eigenvalue weighted by Crippen LogP contribution is 2.26. The second-order valence-electron chi connectivity index (χ2n) is 8.32. The second-order valence-corrected chi connectivity index (χ2v) is 9.65. The normalized spacial score (nSPS) is 14.2. The summed E-state index contributed by atoms with van der Waals surface area (Å²) in [5.74, 6) is -0.276. The SMILES string of the molecule is CN(C)Cc1cncc(-c2ccc3c(c2)C(C(=O)Nc2ccc(S(C)=O)nc2)=NCCC3)c1. The topological polar surface area (TPSA) is 87.5 Å². The van der Waals surface area contributed by atoms with Crippen LogP contribution in [0, 0.1) is 0 Å². The molecule has 0 aliphatic carbocycles. The van der Waals surface area contributed by atoms with E-state index in [0.717, 1.165) is 47.2 Å². The maximum Gasteiger partial charge on any atom is 0.274 e. The number of nitrogens with zero attached hydrogens (tertiary/aromatic N) is 4. The van der Waals surface area contributed by atoms with E-state index in [0.29, 0.717) is 23.0 Å². The largest absolute Gasteiger partial charge is 0.319 e. The summed E-state index contributed by atoms with van der Waals surface area (Å²) in [6.07, 6.45) is 8.57. The van der Waals surface area contributed by atoms with Gasteiger partial charge < -0.3 is 10.2 Å². The van der Waals surface area contributed by atoms with Gasteiger partial charge in [-0.15, -0.1) is 0 Å². The molecular formula is C25H27N5O2S. The van der Waals surface area contributed by atoms with Crippen molar-refractivity contribution < 1.29 is 9.00 Å². The number of carbonyl (C=O) groups excluding carboxylic acids is 1. The summed E-state index contributed by atoms with van der Waals surface area (Å²) in [4.78, 5) is 28.5. The van der Waals surface area contributed by atoms with Gasteiger partial charge >= 0.3 is 0 Å². The molecule has 0 saturated heterocycles. The first-order valence-electron chi connectivity index (χ1n) is 10.8. The van der Waals surface area contributed by atoms with Gasteiger partial charge in [0.15, 0.2) is 0 Å². The quantitative estimate of drug-likeness (QED) is 0.609. The number of pyridine rings is 2. The summed E-state index contributed by atoms with van der Waals surface area (Å²) in [6, 6.07) is 11.7. The van der Waals surface area contributed by atoms with Crippen molar-refractivity contribution in [3.63, 3.8) is 0 Å². The molecule has 3 aromatic rings. The van der Waals surface area contributed by atoms with Crippen LogP contribution in [0.1, 0.15) is 23.1 Å². The maximum absolute atomic E-state index is 13.2. The molecule has 4 rings (SSSR count). The maximum atomic E-state index is 13.2. The van der Waals surface area contributed by atoms with E-state index in [1.807, 2.05) is 32.6 Å². The lowest BCUT2D eigenvalue weighted by Gasteiger charge is -2.14. The van der Waals surface area contributed by atoms with Crippen LogP contribution < -0.4 is 5.32 Å². The Hall–Kier alpha value is -3.23. The van der Waals surface area contributed by atoms with E-state index in [-0.39, 0.29) is 5.91 Å². The number of fused-ring (bicyclic) bond motifs is 1. The van der Waals surface area contributed by atoms with Gasteiger partial charge in [-0.1, -0.05) is 12.1 Å². The van der Waals surface area contributed by atoms with Crippen molar-refractivity contribution in [1.29, 1.82) is 0 Å². The Bertz CT molecular complexity index is 1220. The van der Waals surface area contributed by atoms with E-state index in [9.17, 15) is 9.00 Å². The van der Waals surface area contributed by atoms with Gasteiger partial charge in [0.25, 0.3) is 5.91 Å². The Morgan fingerprint density at radius 1 is 1.09 bits per heavy atom. The fourth-order valence-electron chi connectivity index (χ4n) is 3.85. The van der Waals surface area contributed by atoms with Gasteiger partial charge in [0.2, 0.25) is 0 Å². The number of carbonyl (C=O) groups is 1. The lowest BCUT2D eigenvalue weighted by Crippen LogP contribution is -2.25. The number of nitrogens with one attached hydrogen (secondary N) is 1. The third-order valence-electron chi connectivity index (χ3n) is 5.37. The van der Waals surface area contributed by atoms with Gasteiger partial charge in [0, 0.05) is 42.9 Å². The van der Waals surface area contributed by atoms with Crippen molar-refractivity contribution in [3.8, 4) is 11.1 Å². The first-order valence-corrected chi connectivity index (χ1v) is 12.3. The van der Waals surface area contributed by atoms with Gasteiger partial charge in [-0.25, -0.2) is 4.98 Å². The number of aliphatic imine (C=N–C) groups is 1. The van der Waals surface area contributed by atoms with E-state index >= 15 is 0 Å². The van der Waals surface area contributed by atoms with Crippen molar-refractivity contribution in [2.45, 2.75) is 24.4 Å². The number of aromatic nitrogens is 2. The van der Waals surface area contributed by atoms with Gasteiger partial charge in [-0.2, -0.15) is 0 Å². The van der Waals surface area contributed by atoms with Crippen LogP contribution in [0.25, 0.3) is 11.1 Å². The Labute approximate surface area is 196 Å². The van der Waals surface area contributed by atoms with E-state index < -0.39 is 10.8 Å². The highest BCUT2D eigenvalue weighted by Gasteiger charge is 2.21. The summed E-state index contributed by atoms with van der Waals surface area (Å²) < 4.78 is 11.6. The van der Waals surface area contributed by atoms with Crippen LogP contribution in [0.3, 0.4) is 0 Å². The molecule has 1 amide bonds. The predicted molar refractivity (Wildman–Crippen MR) is 132 cm³/mol. The molecule has 0 saturated carbocycles. The summed E-state index contributed by atoms with van der Waals surface area (Å²) in [7, 11) is 2.89. The fourth-order valence-corrected chi connectivity index (χ4v) is 4.31. The standard InChI is InChI=1S/C25H27N5O2S/c1-30(2)16-17-11-20(14-26-13-17)19-7-6-18-5-4-10-27-24(22(18)12-19)25(31)29-21-8-9-23(28-15-21)33(3)32/h6-9,11-15H,4-5,10,16H2,1-3H3,(H,29,31). The number of amides is 1. The highest BCUT2D eigenvalue weighted by atomic mass is 32.2. The molecule has 2 aromatic heterocycles. The monoisotopic (exact) mass is 461 g/mol. The van der Waals surface area contributed by atoms with Crippen molar-refractivity contribution in [2.24, 2.45) is 4.99 Å². The molecule has 1 atom stereocenters. The summed E-state index contributed by atoms with van der Waals surface area (Å²) in [5, 5.41) is 3.36. The zero-order chi connectivity index (χ0) is 23.4. The molecule has 1 unspecified atom stereocenters. The first-order chi connectivity index (χ1) is 15.9. The minimum atomic E-state index is -1.17. The van der Waals surface area contributed by atoms with Crippen LogP contribution >= 0.6 is 0 Å². The van der Waals surface area contributed by atoms with Crippen molar-refractivity contribution in [3.05, 3.63) is 71.7 Å². The van der Waals surface area contributed by atoms with E-state index in [4.69, 9.17) is 0 Å². The third-order valence-corrected chi connectivity index (χ3v) is 6.20. The average Bonchev–Trinajstić information content (AvgIpc) is 3.01. The van der Waals surface area contributed by atoms with Crippen LogP contribution in [-0.2, 0) is 28.6 Å². The minimum Gasteiger partial charge on any atom is -0.319 e. The Kier molecular flexibility index (Phi) is 7.05. The molecule has 3 heterocycles. The Morgan fingerprint density at radius 2 is 1.94 bits per heavy atom. The molecular weight excluding hydrogens is 434 g/mol. The van der Waals surface area contributed by atoms with Crippen molar-refractivity contribution >= 4 is 28.1 Å². The number of rotatable bonds is 6. The summed E-state index contributed by atoms with van der Waals surface area (Å²) in [5.41, 5.74) is 6.05. The molecule has 7 nitrogen and oxygen atoms in total. The predicted octanol–water partition coefficient (Wildman–Crippen LogP) is 3.32. The smallest absolute Gasteiger partial charge is 0.274 e. The number of benzene rings is 1. The molecule has 1 aromatic carbocycles. The van der Waals surface area contributed by atoms with Crippen LogP contribution in [0.15, 0.2) is 65.0 Å². The summed E-state index contributed by atoms with van der Waals surface area (Å²) >= 11 is 0. The van der Waals surface area contributed by atoms with Crippen LogP contribution in [0.2, 0.25) is 0 Å². The number of hydrogen-bond acceptors (Lipinski definition) is 6. The third kappa shape index (κ3) is 5.58. The highest BCUT2D eigenvalue weighted by molar-refractivity contribution is 7.84. The molecule has 8 heteroatoms. The summed E-state index contributed by atoms with van der Waals surface area (Å²) in [6.45, 7) is 1.40. The van der Waals surface area contributed by atoms with Gasteiger partial charge in [-0.05, 0) is 67.9 Å².